The molecule has 0 saturated carbocycles. The summed E-state index contributed by atoms with van der Waals surface area (Å²) >= 11 is 0. The van der Waals surface area contributed by atoms with Gasteiger partial charge in [0.25, 0.3) is 0 Å². The van der Waals surface area contributed by atoms with Crippen molar-refractivity contribution in [2.45, 2.75) is 20.4 Å². The second kappa shape index (κ2) is 14.4. The molecule has 0 spiro atoms. The van der Waals surface area contributed by atoms with Gasteiger partial charge in [0.15, 0.2) is 5.71 Å². The molecule has 0 amide bonds. The minimum absolute atomic E-state index is 0.141. The molecule has 212 valence electrons. The number of aromatic nitrogens is 2. The van der Waals surface area contributed by atoms with E-state index in [1.807, 2.05) is 0 Å². The van der Waals surface area contributed by atoms with E-state index in [0.29, 0.717) is 23.2 Å². The van der Waals surface area contributed by atoms with Crippen LogP contribution in [0.25, 0.3) is 16.7 Å². The van der Waals surface area contributed by atoms with Gasteiger partial charge in [0.1, 0.15) is 11.6 Å². The summed E-state index contributed by atoms with van der Waals surface area (Å²) in [4.78, 5) is 51.9. The van der Waals surface area contributed by atoms with Gasteiger partial charge < -0.3 is 9.47 Å². The van der Waals surface area contributed by atoms with Crippen molar-refractivity contribution in [2.75, 3.05) is 19.8 Å². The number of halogens is 2. The lowest BCUT2D eigenvalue weighted by Gasteiger charge is -2.12. The van der Waals surface area contributed by atoms with Gasteiger partial charge in [-0.15, -0.1) is 6.58 Å². The number of benzene rings is 2. The first-order valence-electron chi connectivity index (χ1n) is 12.6. The Morgan fingerprint density at radius 1 is 0.927 bits per heavy atom. The maximum atomic E-state index is 13.0. The van der Waals surface area contributed by atoms with Crippen molar-refractivity contribution in [3.05, 3.63) is 107 Å². The second-order valence-electron chi connectivity index (χ2n) is 8.32. The normalized spacial score (nSPS) is 12.3. The van der Waals surface area contributed by atoms with Crippen LogP contribution in [-0.4, -0.2) is 53.0 Å². The van der Waals surface area contributed by atoms with Crippen molar-refractivity contribution in [3.63, 3.8) is 0 Å². The third kappa shape index (κ3) is 7.75. The van der Waals surface area contributed by atoms with Gasteiger partial charge in [-0.3, -0.25) is 19.3 Å². The number of rotatable bonds is 8. The summed E-state index contributed by atoms with van der Waals surface area (Å²) in [6.07, 6.45) is 4.69. The standard InChI is InChI=1S/C16H15FN2O3.C14H12FNO3/c1-3-9-19-10-13(11-5-7-12(17)8-6-11)15(20)14(18-19)16(21)22-4-2;1-2-19-14(18)12-13(17)11(7-8-16-12)9-3-5-10(15)6-4-9/h3,5-8,10H,1,4,9H2,2H3;3-7H,2,8H2,1H3. The molecule has 1 aliphatic rings. The summed E-state index contributed by atoms with van der Waals surface area (Å²) < 4.78 is 36.9. The number of carbonyl (C=O) groups is 3. The lowest BCUT2D eigenvalue weighted by Crippen LogP contribution is -2.29. The monoisotopic (exact) mass is 563 g/mol. The molecule has 0 saturated heterocycles. The highest BCUT2D eigenvalue weighted by molar-refractivity contribution is 6.73. The molecule has 0 bridgehead atoms. The topological polar surface area (TPSA) is 117 Å². The molecule has 0 atom stereocenters. The summed E-state index contributed by atoms with van der Waals surface area (Å²) in [7, 11) is 0. The number of hydrogen-bond acceptors (Lipinski definition) is 8. The van der Waals surface area contributed by atoms with E-state index >= 15 is 0 Å². The maximum Gasteiger partial charge on any atom is 0.362 e. The third-order valence-corrected chi connectivity index (χ3v) is 5.53. The molecule has 9 nitrogen and oxygen atoms in total. The van der Waals surface area contributed by atoms with Gasteiger partial charge in [0.2, 0.25) is 16.9 Å². The van der Waals surface area contributed by atoms with Crippen molar-refractivity contribution in [1.82, 2.24) is 9.78 Å². The van der Waals surface area contributed by atoms with Crippen molar-refractivity contribution in [2.24, 2.45) is 4.99 Å². The Labute approximate surface area is 234 Å². The Balaban J connectivity index is 0.000000228. The molecule has 11 heteroatoms. The number of carbonyl (C=O) groups excluding carboxylic acids is 3. The highest BCUT2D eigenvalue weighted by atomic mass is 19.1. The molecule has 1 aromatic heterocycles. The zero-order valence-corrected chi connectivity index (χ0v) is 22.4. The van der Waals surface area contributed by atoms with Gasteiger partial charge in [-0.1, -0.05) is 36.4 Å². The van der Waals surface area contributed by atoms with Crippen LogP contribution in [0.5, 0.6) is 0 Å². The van der Waals surface area contributed by atoms with Crippen LogP contribution in [0.2, 0.25) is 0 Å². The van der Waals surface area contributed by atoms with Crippen LogP contribution in [0.3, 0.4) is 0 Å². The number of nitrogens with zero attached hydrogens (tertiary/aromatic N) is 3. The highest BCUT2D eigenvalue weighted by Gasteiger charge is 2.27. The summed E-state index contributed by atoms with van der Waals surface area (Å²) in [5.74, 6) is -2.78. The quantitative estimate of drug-likeness (QED) is 0.298. The first kappa shape index (κ1) is 30.5. The SMILES string of the molecule is C=CCn1cc(-c2ccc(F)cc2)c(=O)c(C(=O)OCC)n1.CCOC(=O)C1=NCC=C(c2ccc(F)cc2)C1=O. The van der Waals surface area contributed by atoms with Crippen LogP contribution in [0, 0.1) is 11.6 Å². The van der Waals surface area contributed by atoms with Crippen LogP contribution in [0.1, 0.15) is 29.9 Å². The van der Waals surface area contributed by atoms with E-state index in [4.69, 9.17) is 9.47 Å². The number of esters is 2. The Morgan fingerprint density at radius 3 is 2.05 bits per heavy atom. The van der Waals surface area contributed by atoms with E-state index in [9.17, 15) is 28.0 Å². The summed E-state index contributed by atoms with van der Waals surface area (Å²) in [5, 5.41) is 3.97. The molecule has 0 unspecified atom stereocenters. The molecule has 1 aliphatic heterocycles. The number of ether oxygens (including phenoxy) is 2. The van der Waals surface area contributed by atoms with Crippen LogP contribution >= 0.6 is 0 Å². The zero-order chi connectivity index (χ0) is 29.9. The van der Waals surface area contributed by atoms with E-state index in [1.54, 1.807) is 26.0 Å². The molecule has 0 aliphatic carbocycles. The lowest BCUT2D eigenvalue weighted by atomic mass is 9.96. The molecule has 0 radical (unpaired) electrons. The minimum atomic E-state index is -0.783. The van der Waals surface area contributed by atoms with Crippen molar-refractivity contribution >= 4 is 29.0 Å². The zero-order valence-electron chi connectivity index (χ0n) is 22.4. The molecule has 41 heavy (non-hydrogen) atoms. The molecular formula is C30H27F2N3O6. The van der Waals surface area contributed by atoms with Crippen molar-refractivity contribution in [1.29, 1.82) is 0 Å². The predicted octanol–water partition coefficient (Wildman–Crippen LogP) is 4.21. The van der Waals surface area contributed by atoms with Gasteiger partial charge in [-0.05, 0) is 49.2 Å². The second-order valence-corrected chi connectivity index (χ2v) is 8.32. The molecular weight excluding hydrogens is 536 g/mol. The Bertz CT molecular complexity index is 1560. The van der Waals surface area contributed by atoms with Crippen LogP contribution in [-0.2, 0) is 25.6 Å². The molecule has 2 heterocycles. The molecule has 2 aromatic carbocycles. The highest BCUT2D eigenvalue weighted by Crippen LogP contribution is 2.20. The van der Waals surface area contributed by atoms with Gasteiger partial charge in [0.05, 0.1) is 26.3 Å². The van der Waals surface area contributed by atoms with Gasteiger partial charge in [0, 0.05) is 17.3 Å². The Hall–Kier alpha value is -5.06. The van der Waals surface area contributed by atoms with Gasteiger partial charge in [-0.25, -0.2) is 18.4 Å². The number of allylic oxidation sites excluding steroid dienone is 2. The van der Waals surface area contributed by atoms with E-state index in [0.717, 1.165) is 0 Å². The van der Waals surface area contributed by atoms with E-state index in [-0.39, 0.29) is 42.5 Å². The van der Waals surface area contributed by atoms with E-state index < -0.39 is 29.0 Å². The predicted molar refractivity (Wildman–Crippen MR) is 148 cm³/mol. The molecule has 4 rings (SSSR count). The smallest absolute Gasteiger partial charge is 0.362 e. The number of aliphatic imine (C=N–C) groups is 1. The van der Waals surface area contributed by atoms with Crippen molar-refractivity contribution in [3.8, 4) is 11.1 Å². The third-order valence-electron chi connectivity index (χ3n) is 5.53. The number of dihydropyridines is 1. The number of hydrogen-bond donors (Lipinski definition) is 0. The number of Topliss-reactive ketones (excluding diaryl/α,β-unsaturated/α-hetero) is 1. The van der Waals surface area contributed by atoms with E-state index in [1.165, 1.54) is 59.4 Å². The summed E-state index contributed by atoms with van der Waals surface area (Å²) in [6.45, 7) is 7.77. The van der Waals surface area contributed by atoms with Gasteiger partial charge in [-0.2, -0.15) is 5.10 Å². The van der Waals surface area contributed by atoms with Crippen LogP contribution in [0.15, 0.2) is 83.2 Å². The van der Waals surface area contributed by atoms with Crippen molar-refractivity contribution < 1.29 is 32.6 Å². The molecule has 3 aromatic rings. The van der Waals surface area contributed by atoms with Crippen LogP contribution in [0.4, 0.5) is 8.78 Å². The summed E-state index contributed by atoms with van der Waals surface area (Å²) in [5.41, 5.74) is 0.595. The lowest BCUT2D eigenvalue weighted by molar-refractivity contribution is -0.135. The minimum Gasteiger partial charge on any atom is -0.461 e. The fourth-order valence-electron chi connectivity index (χ4n) is 3.69. The average Bonchev–Trinajstić information content (AvgIpc) is 2.96. The van der Waals surface area contributed by atoms with E-state index in [2.05, 4.69) is 16.7 Å². The average molecular weight is 564 g/mol. The molecule has 0 N–H and O–H groups in total. The first-order valence-corrected chi connectivity index (χ1v) is 12.6. The first-order chi connectivity index (χ1) is 19.7. The Kier molecular flexibility index (Phi) is 10.7. The Morgan fingerprint density at radius 2 is 1.49 bits per heavy atom. The van der Waals surface area contributed by atoms with Gasteiger partial charge >= 0.3 is 11.9 Å². The molecule has 0 fully saturated rings. The summed E-state index contributed by atoms with van der Waals surface area (Å²) in [6, 6.07) is 10.9. The number of ketones is 1. The largest absolute Gasteiger partial charge is 0.461 e. The van der Waals surface area contributed by atoms with Crippen LogP contribution < -0.4 is 5.43 Å². The maximum absolute atomic E-state index is 13.0. The fourth-order valence-corrected chi connectivity index (χ4v) is 3.69. The fraction of sp³-hybridized carbons (Fsp3) is 0.200.